The Morgan fingerprint density at radius 2 is 2.09 bits per heavy atom. The molecule has 0 unspecified atom stereocenters. The molecule has 0 spiro atoms. The van der Waals surface area contributed by atoms with Gasteiger partial charge in [0, 0.05) is 31.9 Å². The maximum atomic E-state index is 11.4. The maximum absolute atomic E-state index is 11.4. The third-order valence-electron chi connectivity index (χ3n) is 3.86. The Bertz CT molecular complexity index is 487. The molecule has 1 amide bonds. The molecule has 2 N–H and O–H groups in total. The Morgan fingerprint density at radius 3 is 2.73 bits per heavy atom. The number of amides is 1. The zero-order chi connectivity index (χ0) is 15.8. The Kier molecular flexibility index (Phi) is 6.12. The van der Waals surface area contributed by atoms with Gasteiger partial charge in [-0.25, -0.2) is 4.98 Å². The minimum Gasteiger partial charge on any atom is -0.456 e. The highest BCUT2D eigenvalue weighted by Crippen LogP contribution is 2.25. The van der Waals surface area contributed by atoms with Crippen molar-refractivity contribution in [3.8, 4) is 0 Å². The van der Waals surface area contributed by atoms with Crippen LogP contribution in [0, 0.1) is 5.92 Å². The van der Waals surface area contributed by atoms with Crippen LogP contribution in [-0.4, -0.2) is 41.5 Å². The largest absolute Gasteiger partial charge is 0.456 e. The van der Waals surface area contributed by atoms with Gasteiger partial charge in [0.2, 0.25) is 0 Å². The van der Waals surface area contributed by atoms with E-state index >= 15 is 0 Å². The first-order chi connectivity index (χ1) is 10.6. The molecular formula is C15H22N4O3. The van der Waals surface area contributed by atoms with Crippen LogP contribution in [0.5, 0.6) is 0 Å². The lowest BCUT2D eigenvalue weighted by Crippen LogP contribution is -2.34. The highest BCUT2D eigenvalue weighted by Gasteiger charge is 2.20. The van der Waals surface area contributed by atoms with Crippen molar-refractivity contribution in [2.24, 2.45) is 11.7 Å². The third kappa shape index (κ3) is 5.31. The topological polar surface area (TPSA) is 98.4 Å². The van der Waals surface area contributed by atoms with Gasteiger partial charge >= 0.3 is 5.97 Å². The molecule has 0 aromatic carbocycles. The summed E-state index contributed by atoms with van der Waals surface area (Å²) in [5, 5.41) is 0. The summed E-state index contributed by atoms with van der Waals surface area (Å²) >= 11 is 0. The number of esters is 1. The molecule has 0 radical (unpaired) electrons. The van der Waals surface area contributed by atoms with E-state index in [4.69, 9.17) is 10.5 Å². The standard InChI is InChI=1S/C15H22N4O3/c16-13(20)11-22-15(21)3-1-2-12-4-8-19(9-5-12)14-10-17-6-7-18-14/h6-7,10,12H,1-5,8-9,11H2,(H2,16,20). The SMILES string of the molecule is NC(=O)COC(=O)CCCC1CCN(c2cnccn2)CC1. The molecule has 0 bridgehead atoms. The predicted octanol–water partition coefficient (Wildman–Crippen LogP) is 0.892. The number of nitrogens with zero attached hydrogens (tertiary/aromatic N) is 3. The van der Waals surface area contributed by atoms with Crippen LogP contribution in [0.3, 0.4) is 0 Å². The van der Waals surface area contributed by atoms with Gasteiger partial charge in [0.25, 0.3) is 5.91 Å². The molecule has 1 aliphatic heterocycles. The number of hydrogen-bond acceptors (Lipinski definition) is 6. The number of anilines is 1. The van der Waals surface area contributed by atoms with Crippen molar-refractivity contribution in [2.45, 2.75) is 32.1 Å². The van der Waals surface area contributed by atoms with Crippen molar-refractivity contribution in [1.82, 2.24) is 9.97 Å². The number of carbonyl (C=O) groups excluding carboxylic acids is 2. The van der Waals surface area contributed by atoms with E-state index in [1.807, 2.05) is 0 Å². The molecule has 1 fully saturated rings. The first-order valence-corrected chi connectivity index (χ1v) is 7.60. The average molecular weight is 306 g/mol. The molecule has 1 aromatic heterocycles. The van der Waals surface area contributed by atoms with Crippen LogP contribution in [0.15, 0.2) is 18.6 Å². The second-order valence-electron chi connectivity index (χ2n) is 5.51. The van der Waals surface area contributed by atoms with Crippen molar-refractivity contribution in [1.29, 1.82) is 0 Å². The monoisotopic (exact) mass is 306 g/mol. The molecule has 2 heterocycles. The molecule has 0 saturated carbocycles. The predicted molar refractivity (Wildman–Crippen MR) is 81.0 cm³/mol. The second-order valence-corrected chi connectivity index (χ2v) is 5.51. The average Bonchev–Trinajstić information content (AvgIpc) is 2.54. The van der Waals surface area contributed by atoms with Crippen LogP contribution in [0.25, 0.3) is 0 Å². The molecule has 22 heavy (non-hydrogen) atoms. The lowest BCUT2D eigenvalue weighted by Gasteiger charge is -2.32. The van der Waals surface area contributed by atoms with Gasteiger partial charge in [-0.3, -0.25) is 14.6 Å². The normalized spacial score (nSPS) is 15.5. The molecule has 1 aromatic rings. The van der Waals surface area contributed by atoms with Gasteiger partial charge in [-0.2, -0.15) is 0 Å². The summed E-state index contributed by atoms with van der Waals surface area (Å²) in [6, 6.07) is 0. The molecule has 1 aliphatic rings. The Balaban J connectivity index is 1.62. The van der Waals surface area contributed by atoms with E-state index in [9.17, 15) is 9.59 Å². The van der Waals surface area contributed by atoms with E-state index in [-0.39, 0.29) is 12.6 Å². The van der Waals surface area contributed by atoms with Gasteiger partial charge < -0.3 is 15.4 Å². The zero-order valence-corrected chi connectivity index (χ0v) is 12.6. The molecule has 7 nitrogen and oxygen atoms in total. The summed E-state index contributed by atoms with van der Waals surface area (Å²) in [5.41, 5.74) is 4.92. The van der Waals surface area contributed by atoms with Gasteiger partial charge in [-0.1, -0.05) is 0 Å². The zero-order valence-electron chi connectivity index (χ0n) is 12.6. The second kappa shape index (κ2) is 8.31. The van der Waals surface area contributed by atoms with Crippen molar-refractivity contribution in [2.75, 3.05) is 24.6 Å². The lowest BCUT2D eigenvalue weighted by atomic mass is 9.91. The van der Waals surface area contributed by atoms with Crippen LogP contribution >= 0.6 is 0 Å². The number of rotatable bonds is 7. The summed E-state index contributed by atoms with van der Waals surface area (Å²) in [5.74, 6) is 0.577. The van der Waals surface area contributed by atoms with Gasteiger partial charge in [-0.05, 0) is 31.6 Å². The van der Waals surface area contributed by atoms with Crippen molar-refractivity contribution < 1.29 is 14.3 Å². The maximum Gasteiger partial charge on any atom is 0.306 e. The highest BCUT2D eigenvalue weighted by atomic mass is 16.5. The lowest BCUT2D eigenvalue weighted by molar-refractivity contribution is -0.147. The van der Waals surface area contributed by atoms with E-state index in [1.54, 1.807) is 18.6 Å². The Hall–Kier alpha value is -2.18. The van der Waals surface area contributed by atoms with Gasteiger partial charge in [-0.15, -0.1) is 0 Å². The molecule has 0 atom stereocenters. The minimum absolute atomic E-state index is 0.324. The quantitative estimate of drug-likeness (QED) is 0.751. The van der Waals surface area contributed by atoms with Crippen LogP contribution < -0.4 is 10.6 Å². The van der Waals surface area contributed by atoms with Crippen molar-refractivity contribution >= 4 is 17.7 Å². The van der Waals surface area contributed by atoms with Crippen LogP contribution in [-0.2, 0) is 14.3 Å². The number of aromatic nitrogens is 2. The van der Waals surface area contributed by atoms with Crippen molar-refractivity contribution in [3.63, 3.8) is 0 Å². The molecule has 1 saturated heterocycles. The number of nitrogens with two attached hydrogens (primary N) is 1. The highest BCUT2D eigenvalue weighted by molar-refractivity contribution is 5.78. The van der Waals surface area contributed by atoms with Crippen LogP contribution in [0.1, 0.15) is 32.1 Å². The molecule has 2 rings (SSSR count). The summed E-state index contributed by atoms with van der Waals surface area (Å²) < 4.78 is 4.73. The van der Waals surface area contributed by atoms with E-state index in [0.29, 0.717) is 12.3 Å². The summed E-state index contributed by atoms with van der Waals surface area (Å²) in [6.45, 7) is 1.61. The van der Waals surface area contributed by atoms with Crippen molar-refractivity contribution in [3.05, 3.63) is 18.6 Å². The number of primary amides is 1. The minimum atomic E-state index is -0.621. The number of piperidine rings is 1. The number of hydrogen-bond donors (Lipinski definition) is 1. The Morgan fingerprint density at radius 1 is 1.32 bits per heavy atom. The van der Waals surface area contributed by atoms with Crippen LogP contribution in [0.2, 0.25) is 0 Å². The fourth-order valence-electron chi connectivity index (χ4n) is 2.66. The molecular weight excluding hydrogens is 284 g/mol. The van der Waals surface area contributed by atoms with Crippen LogP contribution in [0.4, 0.5) is 5.82 Å². The van der Waals surface area contributed by atoms with E-state index < -0.39 is 5.91 Å². The molecule has 0 aliphatic carbocycles. The third-order valence-corrected chi connectivity index (χ3v) is 3.86. The number of ether oxygens (including phenoxy) is 1. The summed E-state index contributed by atoms with van der Waals surface area (Å²) in [4.78, 5) is 32.5. The summed E-state index contributed by atoms with van der Waals surface area (Å²) in [7, 11) is 0. The van der Waals surface area contributed by atoms with E-state index in [2.05, 4.69) is 14.9 Å². The first-order valence-electron chi connectivity index (χ1n) is 7.60. The number of carbonyl (C=O) groups is 2. The van der Waals surface area contributed by atoms with Gasteiger partial charge in [0.1, 0.15) is 5.82 Å². The molecule has 120 valence electrons. The fourth-order valence-corrected chi connectivity index (χ4v) is 2.66. The Labute approximate surface area is 129 Å². The van der Waals surface area contributed by atoms with E-state index in [0.717, 1.165) is 44.6 Å². The molecule has 7 heteroatoms. The van der Waals surface area contributed by atoms with Gasteiger partial charge in [0.15, 0.2) is 6.61 Å². The van der Waals surface area contributed by atoms with E-state index in [1.165, 1.54) is 0 Å². The fraction of sp³-hybridized carbons (Fsp3) is 0.600. The first kappa shape index (κ1) is 16.2. The summed E-state index contributed by atoms with van der Waals surface area (Å²) in [6.07, 6.45) is 9.48. The smallest absolute Gasteiger partial charge is 0.306 e. The van der Waals surface area contributed by atoms with Gasteiger partial charge in [0.05, 0.1) is 6.20 Å².